The van der Waals surface area contributed by atoms with Crippen LogP contribution in [-0.4, -0.2) is 45.1 Å². The molecule has 32 heavy (non-hydrogen) atoms. The zero-order chi connectivity index (χ0) is 23.0. The smallest absolute Gasteiger partial charge is 0.306 e. The van der Waals surface area contributed by atoms with Gasteiger partial charge in [0.25, 0.3) is 0 Å². The van der Waals surface area contributed by atoms with E-state index in [4.69, 9.17) is 4.74 Å². The third-order valence-corrected chi connectivity index (χ3v) is 7.38. The molecule has 0 radical (unpaired) electrons. The molecule has 2 heterocycles. The fourth-order valence-corrected chi connectivity index (χ4v) is 5.96. The number of carbonyl (C=O) groups is 2. The van der Waals surface area contributed by atoms with Crippen molar-refractivity contribution in [3.63, 3.8) is 0 Å². The van der Waals surface area contributed by atoms with E-state index in [0.29, 0.717) is 6.42 Å². The second-order valence-corrected chi connectivity index (χ2v) is 9.95. The van der Waals surface area contributed by atoms with Crippen LogP contribution in [0.5, 0.6) is 5.75 Å². The van der Waals surface area contributed by atoms with Crippen LogP contribution in [0.25, 0.3) is 10.9 Å². The van der Waals surface area contributed by atoms with Crippen LogP contribution in [0.2, 0.25) is 0 Å². The number of benzene rings is 1. The third kappa shape index (κ3) is 4.24. The summed E-state index contributed by atoms with van der Waals surface area (Å²) in [5.74, 6) is 0.145. The highest BCUT2D eigenvalue weighted by Gasteiger charge is 2.43. The van der Waals surface area contributed by atoms with Crippen LogP contribution in [0.1, 0.15) is 70.8 Å². The number of likely N-dealkylation sites (tertiary alicyclic amines) is 1. The monoisotopic (exact) mass is 440 g/mol. The number of nitrogens with zero attached hydrogens (tertiary/aromatic N) is 2. The third-order valence-electron chi connectivity index (χ3n) is 7.38. The fraction of sp³-hybridized carbons (Fsp3) is 0.615. The van der Waals surface area contributed by atoms with E-state index >= 15 is 0 Å². The number of aliphatic carboxylic acids is 1. The first kappa shape index (κ1) is 22.7. The summed E-state index contributed by atoms with van der Waals surface area (Å²) < 4.78 is 8.20. The van der Waals surface area contributed by atoms with Crippen molar-refractivity contribution in [2.75, 3.05) is 6.54 Å². The Morgan fingerprint density at radius 3 is 2.66 bits per heavy atom. The largest absolute Gasteiger partial charge is 0.490 e. The maximum atomic E-state index is 13.5. The standard InChI is InChI=1S/C26H36N2O4/c1-16(2)32-23-12-6-11-22-25(23)20(15-27(22)4)17(3)14-24(29)28-13-7-9-18-19(26(30)31)8-5-10-21(18)28/h6,11-12,15-19,21H,5,7-10,13-14H2,1-4H3,(H,30,31). The van der Waals surface area contributed by atoms with E-state index in [1.165, 1.54) is 0 Å². The Morgan fingerprint density at radius 1 is 1.16 bits per heavy atom. The molecule has 1 aromatic carbocycles. The molecule has 6 heteroatoms. The molecule has 4 atom stereocenters. The maximum Gasteiger partial charge on any atom is 0.306 e. The van der Waals surface area contributed by atoms with E-state index in [2.05, 4.69) is 23.8 Å². The number of carboxylic acid groups (broad SMARTS) is 1. The average Bonchev–Trinajstić information content (AvgIpc) is 3.10. The first-order valence-electron chi connectivity index (χ1n) is 12.0. The van der Waals surface area contributed by atoms with Gasteiger partial charge in [-0.3, -0.25) is 9.59 Å². The molecule has 174 valence electrons. The number of hydrogen-bond acceptors (Lipinski definition) is 3. The number of aromatic nitrogens is 1. The number of fused-ring (bicyclic) bond motifs is 2. The topological polar surface area (TPSA) is 71.8 Å². The van der Waals surface area contributed by atoms with E-state index in [1.54, 1.807) is 0 Å². The lowest BCUT2D eigenvalue weighted by Crippen LogP contribution is -2.53. The molecule has 6 nitrogen and oxygen atoms in total. The molecule has 1 aliphatic heterocycles. The van der Waals surface area contributed by atoms with E-state index in [1.807, 2.05) is 37.9 Å². The number of hydrogen-bond donors (Lipinski definition) is 1. The van der Waals surface area contributed by atoms with Crippen molar-refractivity contribution in [1.29, 1.82) is 0 Å². The minimum Gasteiger partial charge on any atom is -0.490 e. The highest BCUT2D eigenvalue weighted by molar-refractivity contribution is 5.91. The fourth-order valence-electron chi connectivity index (χ4n) is 5.96. The molecule has 2 fully saturated rings. The van der Waals surface area contributed by atoms with Crippen LogP contribution in [-0.2, 0) is 16.6 Å². The van der Waals surface area contributed by atoms with Crippen molar-refractivity contribution in [1.82, 2.24) is 9.47 Å². The van der Waals surface area contributed by atoms with Crippen molar-refractivity contribution >= 4 is 22.8 Å². The van der Waals surface area contributed by atoms with Crippen LogP contribution in [0, 0.1) is 11.8 Å². The Kier molecular flexibility index (Phi) is 6.50. The van der Waals surface area contributed by atoms with Crippen molar-refractivity contribution in [3.8, 4) is 5.75 Å². The number of aryl methyl sites for hydroxylation is 1. The average molecular weight is 441 g/mol. The van der Waals surface area contributed by atoms with Crippen LogP contribution in [0.15, 0.2) is 24.4 Å². The Balaban J connectivity index is 1.56. The van der Waals surface area contributed by atoms with Crippen molar-refractivity contribution in [2.24, 2.45) is 18.9 Å². The van der Waals surface area contributed by atoms with Crippen LogP contribution < -0.4 is 4.74 Å². The van der Waals surface area contributed by atoms with Gasteiger partial charge < -0.3 is 19.3 Å². The highest BCUT2D eigenvalue weighted by atomic mass is 16.5. The number of amides is 1. The SMILES string of the molecule is CC(C)Oc1cccc2c1c(C(C)CC(=O)N1CCCC3C(C(=O)O)CCCC31)cn2C. The van der Waals surface area contributed by atoms with Crippen molar-refractivity contribution in [2.45, 2.75) is 77.4 Å². The molecule has 1 saturated carbocycles. The summed E-state index contributed by atoms with van der Waals surface area (Å²) >= 11 is 0. The lowest BCUT2D eigenvalue weighted by Gasteiger charge is -2.46. The van der Waals surface area contributed by atoms with Gasteiger partial charge in [0.2, 0.25) is 5.91 Å². The molecule has 1 aromatic heterocycles. The van der Waals surface area contributed by atoms with Gasteiger partial charge in [0.15, 0.2) is 0 Å². The summed E-state index contributed by atoms with van der Waals surface area (Å²) in [6, 6.07) is 6.17. The van der Waals surface area contributed by atoms with E-state index in [9.17, 15) is 14.7 Å². The molecule has 0 spiro atoms. The van der Waals surface area contributed by atoms with Crippen LogP contribution >= 0.6 is 0 Å². The molecular weight excluding hydrogens is 404 g/mol. The Hall–Kier alpha value is -2.50. The zero-order valence-corrected chi connectivity index (χ0v) is 19.7. The van der Waals surface area contributed by atoms with Crippen molar-refractivity contribution in [3.05, 3.63) is 30.0 Å². The summed E-state index contributed by atoms with van der Waals surface area (Å²) in [6.07, 6.45) is 6.98. The predicted molar refractivity (Wildman–Crippen MR) is 125 cm³/mol. The second-order valence-electron chi connectivity index (χ2n) is 9.95. The van der Waals surface area contributed by atoms with Gasteiger partial charge in [0.1, 0.15) is 5.75 Å². The van der Waals surface area contributed by atoms with Gasteiger partial charge in [-0.05, 0) is 69.1 Å². The van der Waals surface area contributed by atoms with E-state index < -0.39 is 5.97 Å². The molecule has 1 aliphatic carbocycles. The lowest BCUT2D eigenvalue weighted by molar-refractivity contribution is -0.152. The quantitative estimate of drug-likeness (QED) is 0.690. The Morgan fingerprint density at radius 2 is 1.94 bits per heavy atom. The Labute approximate surface area is 190 Å². The van der Waals surface area contributed by atoms with E-state index in [0.717, 1.165) is 60.9 Å². The minimum atomic E-state index is -0.698. The molecular formula is C26H36N2O4. The van der Waals surface area contributed by atoms with Gasteiger partial charge in [-0.1, -0.05) is 19.4 Å². The summed E-state index contributed by atoms with van der Waals surface area (Å²) in [7, 11) is 2.03. The molecule has 1 saturated heterocycles. The van der Waals surface area contributed by atoms with Gasteiger partial charge in [-0.15, -0.1) is 0 Å². The predicted octanol–water partition coefficient (Wildman–Crippen LogP) is 4.95. The number of piperidine rings is 1. The summed E-state index contributed by atoms with van der Waals surface area (Å²) in [6.45, 7) is 6.91. The Bertz CT molecular complexity index is 995. The van der Waals surface area contributed by atoms with Gasteiger partial charge >= 0.3 is 5.97 Å². The molecule has 1 amide bonds. The van der Waals surface area contributed by atoms with Gasteiger partial charge in [0, 0.05) is 37.6 Å². The number of ether oxygens (including phenoxy) is 1. The molecule has 2 aliphatic rings. The first-order valence-corrected chi connectivity index (χ1v) is 12.0. The summed E-state index contributed by atoms with van der Waals surface area (Å²) in [4.78, 5) is 27.2. The second kappa shape index (κ2) is 9.16. The summed E-state index contributed by atoms with van der Waals surface area (Å²) in [5, 5.41) is 10.8. The molecule has 4 unspecified atom stereocenters. The maximum absolute atomic E-state index is 13.5. The molecule has 4 rings (SSSR count). The highest BCUT2D eigenvalue weighted by Crippen LogP contribution is 2.41. The van der Waals surface area contributed by atoms with Gasteiger partial charge in [-0.25, -0.2) is 0 Å². The number of rotatable bonds is 6. The normalized spacial score (nSPS) is 24.4. The van der Waals surface area contributed by atoms with Gasteiger partial charge in [0.05, 0.1) is 17.5 Å². The lowest BCUT2D eigenvalue weighted by atomic mass is 9.71. The van der Waals surface area contributed by atoms with Crippen LogP contribution in [0.4, 0.5) is 0 Å². The summed E-state index contributed by atoms with van der Waals surface area (Å²) in [5.41, 5.74) is 2.24. The molecule has 0 bridgehead atoms. The molecule has 2 aromatic rings. The molecule has 1 N–H and O–H groups in total. The minimum absolute atomic E-state index is 0.0438. The van der Waals surface area contributed by atoms with Gasteiger partial charge in [-0.2, -0.15) is 0 Å². The van der Waals surface area contributed by atoms with Crippen LogP contribution in [0.3, 0.4) is 0 Å². The first-order chi connectivity index (χ1) is 15.3. The van der Waals surface area contributed by atoms with E-state index in [-0.39, 0.29) is 35.8 Å². The number of carboxylic acids is 1. The van der Waals surface area contributed by atoms with Crippen molar-refractivity contribution < 1.29 is 19.4 Å². The zero-order valence-electron chi connectivity index (χ0n) is 19.7. The number of carbonyl (C=O) groups excluding carboxylic acids is 1.